The minimum Gasteiger partial charge on any atom is -0.488 e. The number of hydrogen-bond donors (Lipinski definition) is 0. The van der Waals surface area contributed by atoms with Crippen molar-refractivity contribution in [3.8, 4) is 5.75 Å². The molecule has 0 radical (unpaired) electrons. The molecule has 0 fully saturated rings. The van der Waals surface area contributed by atoms with Crippen LogP contribution in [0.3, 0.4) is 0 Å². The van der Waals surface area contributed by atoms with Crippen molar-refractivity contribution in [3.05, 3.63) is 75.8 Å². The van der Waals surface area contributed by atoms with Crippen LogP contribution in [0.5, 0.6) is 5.75 Å². The highest BCUT2D eigenvalue weighted by Gasteiger charge is 2.09. The molecule has 0 N–H and O–H groups in total. The van der Waals surface area contributed by atoms with E-state index in [1.54, 1.807) is 18.2 Å². The molecule has 0 aromatic heterocycles. The number of hydrogen-bond acceptors (Lipinski definition) is 2. The van der Waals surface area contributed by atoms with Gasteiger partial charge >= 0.3 is 0 Å². The fourth-order valence-corrected chi connectivity index (χ4v) is 2.78. The average molecular weight is 331 g/mol. The van der Waals surface area contributed by atoms with Crippen LogP contribution in [-0.2, 0) is 6.61 Å². The van der Waals surface area contributed by atoms with E-state index in [4.69, 9.17) is 27.9 Å². The molecule has 2 nitrogen and oxygen atoms in total. The van der Waals surface area contributed by atoms with E-state index in [1.165, 1.54) is 0 Å². The smallest absolute Gasteiger partial charge is 0.154 e. The van der Waals surface area contributed by atoms with Crippen LogP contribution in [0.1, 0.15) is 15.9 Å². The molecule has 4 heteroatoms. The van der Waals surface area contributed by atoms with Gasteiger partial charge in [-0.3, -0.25) is 4.79 Å². The number of rotatable bonds is 4. The summed E-state index contributed by atoms with van der Waals surface area (Å²) >= 11 is 12.0. The predicted octanol–water partition coefficient (Wildman–Crippen LogP) is 5.54. The van der Waals surface area contributed by atoms with Gasteiger partial charge in [-0.2, -0.15) is 0 Å². The Kier molecular flexibility index (Phi) is 4.32. The summed E-state index contributed by atoms with van der Waals surface area (Å²) in [6, 6.07) is 16.7. The molecular formula is C18H12Cl2O2. The Morgan fingerprint density at radius 1 is 1.00 bits per heavy atom. The maximum absolute atomic E-state index is 11.4. The lowest BCUT2D eigenvalue weighted by Crippen LogP contribution is -1.99. The fraction of sp³-hybridized carbons (Fsp3) is 0.0556. The van der Waals surface area contributed by atoms with Gasteiger partial charge in [0, 0.05) is 15.6 Å². The van der Waals surface area contributed by atoms with Crippen LogP contribution in [0.2, 0.25) is 10.0 Å². The largest absolute Gasteiger partial charge is 0.488 e. The highest BCUT2D eigenvalue weighted by molar-refractivity contribution is 6.35. The Bertz CT molecular complexity index is 844. The first kappa shape index (κ1) is 14.9. The molecule has 0 unspecified atom stereocenters. The highest BCUT2D eigenvalue weighted by Crippen LogP contribution is 2.28. The van der Waals surface area contributed by atoms with E-state index >= 15 is 0 Å². The second-order valence-electron chi connectivity index (χ2n) is 4.84. The molecule has 0 aliphatic carbocycles. The van der Waals surface area contributed by atoms with E-state index in [-0.39, 0.29) is 6.61 Å². The Morgan fingerprint density at radius 2 is 1.82 bits per heavy atom. The van der Waals surface area contributed by atoms with Crippen molar-refractivity contribution in [3.63, 3.8) is 0 Å². The highest BCUT2D eigenvalue weighted by atomic mass is 35.5. The van der Waals surface area contributed by atoms with Crippen LogP contribution >= 0.6 is 23.2 Å². The third-order valence-electron chi connectivity index (χ3n) is 3.45. The number of carbonyl (C=O) groups is 1. The van der Waals surface area contributed by atoms with E-state index < -0.39 is 0 Å². The van der Waals surface area contributed by atoms with Crippen molar-refractivity contribution in [2.45, 2.75) is 6.61 Å². The van der Waals surface area contributed by atoms with Crippen molar-refractivity contribution in [2.24, 2.45) is 0 Å². The van der Waals surface area contributed by atoms with E-state index in [0.717, 1.165) is 22.6 Å². The summed E-state index contributed by atoms with van der Waals surface area (Å²) in [7, 11) is 0. The molecule has 0 aliphatic rings. The monoisotopic (exact) mass is 330 g/mol. The summed E-state index contributed by atoms with van der Waals surface area (Å²) in [5.41, 5.74) is 1.36. The van der Waals surface area contributed by atoms with Crippen LogP contribution in [0, 0.1) is 0 Å². The molecule has 110 valence electrons. The van der Waals surface area contributed by atoms with Crippen LogP contribution in [0.4, 0.5) is 0 Å². The molecule has 3 rings (SSSR count). The zero-order valence-electron chi connectivity index (χ0n) is 11.6. The van der Waals surface area contributed by atoms with Gasteiger partial charge in [-0.15, -0.1) is 0 Å². The van der Waals surface area contributed by atoms with Crippen LogP contribution < -0.4 is 4.74 Å². The molecule has 0 heterocycles. The van der Waals surface area contributed by atoms with Crippen LogP contribution in [0.15, 0.2) is 54.6 Å². The Labute approximate surface area is 138 Å². The van der Waals surface area contributed by atoms with Gasteiger partial charge in [0.05, 0.1) is 5.56 Å². The lowest BCUT2D eigenvalue weighted by molar-refractivity contribution is 0.112. The number of halogens is 2. The Hall–Kier alpha value is -2.03. The molecule has 3 aromatic carbocycles. The maximum atomic E-state index is 11.4. The van der Waals surface area contributed by atoms with E-state index in [2.05, 4.69) is 0 Å². The number of carbonyl (C=O) groups excluding carboxylic acids is 1. The second kappa shape index (κ2) is 6.39. The van der Waals surface area contributed by atoms with Gasteiger partial charge in [0.25, 0.3) is 0 Å². The van der Waals surface area contributed by atoms with E-state index in [1.807, 2.05) is 36.4 Å². The number of ether oxygens (including phenoxy) is 1. The lowest BCUT2D eigenvalue weighted by Gasteiger charge is -2.11. The topological polar surface area (TPSA) is 26.3 Å². The normalized spacial score (nSPS) is 10.6. The second-order valence-corrected chi connectivity index (χ2v) is 5.68. The van der Waals surface area contributed by atoms with Gasteiger partial charge in [0.2, 0.25) is 0 Å². The molecule has 22 heavy (non-hydrogen) atoms. The van der Waals surface area contributed by atoms with Gasteiger partial charge in [-0.1, -0.05) is 59.6 Å². The van der Waals surface area contributed by atoms with Crippen LogP contribution in [0.25, 0.3) is 10.8 Å². The van der Waals surface area contributed by atoms with Crippen molar-refractivity contribution in [1.82, 2.24) is 0 Å². The molecule has 0 spiro atoms. The minimum atomic E-state index is 0.273. The molecule has 0 bridgehead atoms. The first-order valence-electron chi connectivity index (χ1n) is 6.72. The summed E-state index contributed by atoms with van der Waals surface area (Å²) < 4.78 is 5.78. The zero-order valence-corrected chi connectivity index (χ0v) is 13.1. The summed E-state index contributed by atoms with van der Waals surface area (Å²) in [5, 5.41) is 2.99. The molecule has 0 saturated carbocycles. The van der Waals surface area contributed by atoms with Gasteiger partial charge in [-0.05, 0) is 29.0 Å². The SMILES string of the molecule is O=Cc1c(OCc2ccc(Cl)cc2Cl)ccc2ccccc12. The third-order valence-corrected chi connectivity index (χ3v) is 4.03. The van der Waals surface area contributed by atoms with Gasteiger partial charge in [-0.25, -0.2) is 0 Å². The summed E-state index contributed by atoms with van der Waals surface area (Å²) in [6.07, 6.45) is 0.821. The summed E-state index contributed by atoms with van der Waals surface area (Å²) in [6.45, 7) is 0.273. The quantitative estimate of drug-likeness (QED) is 0.587. The summed E-state index contributed by atoms with van der Waals surface area (Å²) in [4.78, 5) is 11.4. The van der Waals surface area contributed by atoms with Gasteiger partial charge in [0.1, 0.15) is 12.4 Å². The van der Waals surface area contributed by atoms with Crippen molar-refractivity contribution in [2.75, 3.05) is 0 Å². The molecule has 0 aliphatic heterocycles. The first-order valence-corrected chi connectivity index (χ1v) is 7.48. The molecule has 0 saturated heterocycles. The molecular weight excluding hydrogens is 319 g/mol. The van der Waals surface area contributed by atoms with Gasteiger partial charge in [0.15, 0.2) is 6.29 Å². The average Bonchev–Trinajstić information content (AvgIpc) is 2.53. The van der Waals surface area contributed by atoms with E-state index in [9.17, 15) is 4.79 Å². The number of fused-ring (bicyclic) bond motifs is 1. The zero-order chi connectivity index (χ0) is 15.5. The maximum Gasteiger partial charge on any atom is 0.154 e. The predicted molar refractivity (Wildman–Crippen MR) is 90.1 cm³/mol. The van der Waals surface area contributed by atoms with Gasteiger partial charge < -0.3 is 4.74 Å². The lowest BCUT2D eigenvalue weighted by atomic mass is 10.0. The minimum absolute atomic E-state index is 0.273. The first-order chi connectivity index (χ1) is 10.7. The molecule has 0 amide bonds. The van der Waals surface area contributed by atoms with E-state index in [0.29, 0.717) is 21.4 Å². The van der Waals surface area contributed by atoms with Crippen molar-refractivity contribution in [1.29, 1.82) is 0 Å². The standard InChI is InChI=1S/C18H12Cl2O2/c19-14-7-5-13(17(20)9-14)11-22-18-8-6-12-3-1-2-4-15(12)16(18)10-21/h1-10H,11H2. The summed E-state index contributed by atoms with van der Waals surface area (Å²) in [5.74, 6) is 0.541. The van der Waals surface area contributed by atoms with Crippen molar-refractivity contribution < 1.29 is 9.53 Å². The number of benzene rings is 3. The van der Waals surface area contributed by atoms with Crippen LogP contribution in [-0.4, -0.2) is 6.29 Å². The molecule has 0 atom stereocenters. The molecule has 3 aromatic rings. The van der Waals surface area contributed by atoms with Crippen molar-refractivity contribution >= 4 is 40.3 Å². The Balaban J connectivity index is 1.92. The fourth-order valence-electron chi connectivity index (χ4n) is 2.32. The third kappa shape index (κ3) is 2.94. The Morgan fingerprint density at radius 3 is 2.59 bits per heavy atom. The number of aldehydes is 1.